The first kappa shape index (κ1) is 18.5. The van der Waals surface area contributed by atoms with Gasteiger partial charge in [-0.1, -0.05) is 17.7 Å². The van der Waals surface area contributed by atoms with Crippen LogP contribution in [0, 0.1) is 0 Å². The Morgan fingerprint density at radius 1 is 1.36 bits per heavy atom. The highest BCUT2D eigenvalue weighted by Crippen LogP contribution is 2.39. The zero-order chi connectivity index (χ0) is 19.7. The molecule has 1 aromatic carbocycles. The number of carboxylic acid groups (broad SMARTS) is 1. The number of amides is 1. The van der Waals surface area contributed by atoms with E-state index in [-0.39, 0.29) is 6.04 Å². The Bertz CT molecular complexity index is 1030. The van der Waals surface area contributed by atoms with Gasteiger partial charge in [0.25, 0.3) is 0 Å². The number of aromatic nitrogens is 3. The largest absolute Gasteiger partial charge is 0.495 e. The normalized spacial score (nSPS) is 14.9. The van der Waals surface area contributed by atoms with Crippen LogP contribution in [0.4, 0.5) is 10.5 Å². The van der Waals surface area contributed by atoms with E-state index < -0.39 is 6.09 Å². The third-order valence-corrected chi connectivity index (χ3v) is 5.19. The molecule has 1 aliphatic rings. The van der Waals surface area contributed by atoms with Gasteiger partial charge >= 0.3 is 6.09 Å². The molecule has 0 bridgehead atoms. The molecule has 9 heteroatoms. The second-order valence-electron chi connectivity index (χ2n) is 6.50. The maximum absolute atomic E-state index is 11.0. The molecule has 1 saturated heterocycles. The number of halogens is 1. The van der Waals surface area contributed by atoms with Crippen molar-refractivity contribution in [3.63, 3.8) is 0 Å². The Kier molecular flexibility index (Phi) is 5.06. The Labute approximate surface area is 166 Å². The molecule has 0 saturated carbocycles. The van der Waals surface area contributed by atoms with E-state index >= 15 is 0 Å². The molecule has 2 aromatic heterocycles. The SMILES string of the molecule is COc1cc(-c2cn(C3CCOCC3)c3ncnc(Cl)c23)ccc1NC(=O)O. The minimum absolute atomic E-state index is 0.269. The third-order valence-electron chi connectivity index (χ3n) is 4.90. The molecule has 4 rings (SSSR count). The second-order valence-corrected chi connectivity index (χ2v) is 6.86. The summed E-state index contributed by atoms with van der Waals surface area (Å²) >= 11 is 6.43. The van der Waals surface area contributed by atoms with Crippen LogP contribution < -0.4 is 10.1 Å². The Balaban J connectivity index is 1.85. The maximum atomic E-state index is 11.0. The van der Waals surface area contributed by atoms with Crippen LogP contribution in [0.25, 0.3) is 22.2 Å². The van der Waals surface area contributed by atoms with Crippen molar-refractivity contribution in [2.45, 2.75) is 18.9 Å². The summed E-state index contributed by atoms with van der Waals surface area (Å²) in [5.74, 6) is 0.417. The van der Waals surface area contributed by atoms with Crippen molar-refractivity contribution < 1.29 is 19.4 Å². The second kappa shape index (κ2) is 7.65. The molecule has 0 aliphatic carbocycles. The van der Waals surface area contributed by atoms with Crippen LogP contribution in [-0.2, 0) is 4.74 Å². The van der Waals surface area contributed by atoms with E-state index in [4.69, 9.17) is 26.2 Å². The predicted octanol–water partition coefficient (Wildman–Crippen LogP) is 4.20. The zero-order valence-corrected chi connectivity index (χ0v) is 15.9. The molecule has 1 aliphatic heterocycles. The summed E-state index contributed by atoms with van der Waals surface area (Å²) in [6.07, 6.45) is 4.13. The number of nitrogens with one attached hydrogen (secondary N) is 1. The quantitative estimate of drug-likeness (QED) is 0.634. The minimum atomic E-state index is -1.15. The molecule has 3 heterocycles. The molecule has 28 heavy (non-hydrogen) atoms. The fourth-order valence-electron chi connectivity index (χ4n) is 3.59. The number of fused-ring (bicyclic) bond motifs is 1. The number of rotatable bonds is 4. The molecule has 3 aromatic rings. The van der Waals surface area contributed by atoms with Crippen LogP contribution in [0.2, 0.25) is 5.15 Å². The van der Waals surface area contributed by atoms with Gasteiger partial charge < -0.3 is 19.1 Å². The van der Waals surface area contributed by atoms with Gasteiger partial charge in [0.15, 0.2) is 0 Å². The average Bonchev–Trinajstić information content (AvgIpc) is 3.09. The molecule has 1 amide bonds. The van der Waals surface area contributed by atoms with E-state index in [2.05, 4.69) is 19.9 Å². The minimum Gasteiger partial charge on any atom is -0.495 e. The van der Waals surface area contributed by atoms with E-state index in [9.17, 15) is 4.79 Å². The number of nitrogens with zero attached hydrogens (tertiary/aromatic N) is 3. The number of ether oxygens (including phenoxy) is 2. The van der Waals surface area contributed by atoms with Crippen LogP contribution in [-0.4, -0.2) is 46.1 Å². The average molecular weight is 403 g/mol. The summed E-state index contributed by atoms with van der Waals surface area (Å²) in [6.45, 7) is 1.42. The van der Waals surface area contributed by atoms with Crippen molar-refractivity contribution in [1.82, 2.24) is 14.5 Å². The van der Waals surface area contributed by atoms with Gasteiger partial charge in [-0.15, -0.1) is 0 Å². The number of carbonyl (C=O) groups is 1. The van der Waals surface area contributed by atoms with Crippen molar-refractivity contribution >= 4 is 34.4 Å². The summed E-state index contributed by atoms with van der Waals surface area (Å²) < 4.78 is 13.0. The fourth-order valence-corrected chi connectivity index (χ4v) is 3.82. The highest BCUT2D eigenvalue weighted by atomic mass is 35.5. The number of benzene rings is 1. The molecular formula is C19H19ClN4O4. The van der Waals surface area contributed by atoms with Crippen molar-refractivity contribution in [1.29, 1.82) is 0 Å². The van der Waals surface area contributed by atoms with Gasteiger partial charge in [0.2, 0.25) is 0 Å². The van der Waals surface area contributed by atoms with Gasteiger partial charge in [0.05, 0.1) is 18.2 Å². The molecule has 0 radical (unpaired) electrons. The highest BCUT2D eigenvalue weighted by Gasteiger charge is 2.23. The summed E-state index contributed by atoms with van der Waals surface area (Å²) in [5, 5.41) is 12.4. The molecular weight excluding hydrogens is 384 g/mol. The first-order valence-electron chi connectivity index (χ1n) is 8.85. The van der Waals surface area contributed by atoms with Crippen LogP contribution in [0.3, 0.4) is 0 Å². The standard InChI is InChI=1S/C19H19ClN4O4/c1-27-15-8-11(2-3-14(15)23-19(25)26)13-9-24(12-4-6-28-7-5-12)18-16(13)17(20)21-10-22-18/h2-3,8-10,12,23H,4-7H2,1H3,(H,25,26). The highest BCUT2D eigenvalue weighted by molar-refractivity contribution is 6.35. The number of methoxy groups -OCH3 is 1. The molecule has 2 N–H and O–H groups in total. The molecule has 146 valence electrons. The lowest BCUT2D eigenvalue weighted by atomic mass is 10.1. The lowest BCUT2D eigenvalue weighted by Crippen LogP contribution is -2.19. The first-order chi connectivity index (χ1) is 13.6. The van der Waals surface area contributed by atoms with Gasteiger partial charge in [0, 0.05) is 31.0 Å². The van der Waals surface area contributed by atoms with Crippen molar-refractivity contribution in [2.75, 3.05) is 25.6 Å². The van der Waals surface area contributed by atoms with Crippen molar-refractivity contribution in [2.24, 2.45) is 0 Å². The smallest absolute Gasteiger partial charge is 0.409 e. The van der Waals surface area contributed by atoms with Crippen LogP contribution in [0.5, 0.6) is 5.75 Å². The lowest BCUT2D eigenvalue weighted by Gasteiger charge is -2.24. The van der Waals surface area contributed by atoms with E-state index in [1.807, 2.05) is 12.3 Å². The lowest BCUT2D eigenvalue weighted by molar-refractivity contribution is 0.0706. The number of hydrogen-bond donors (Lipinski definition) is 2. The summed E-state index contributed by atoms with van der Waals surface area (Å²) in [6, 6.07) is 5.53. The summed E-state index contributed by atoms with van der Waals surface area (Å²) in [7, 11) is 1.49. The molecule has 0 unspecified atom stereocenters. The Morgan fingerprint density at radius 2 is 2.14 bits per heavy atom. The van der Waals surface area contributed by atoms with E-state index in [1.54, 1.807) is 12.1 Å². The van der Waals surface area contributed by atoms with Gasteiger partial charge in [-0.3, -0.25) is 5.32 Å². The van der Waals surface area contributed by atoms with Crippen LogP contribution in [0.1, 0.15) is 18.9 Å². The number of hydrogen-bond acceptors (Lipinski definition) is 5. The van der Waals surface area contributed by atoms with E-state index in [0.29, 0.717) is 29.8 Å². The maximum Gasteiger partial charge on any atom is 0.409 e. The van der Waals surface area contributed by atoms with Crippen molar-refractivity contribution in [3.8, 4) is 16.9 Å². The van der Waals surface area contributed by atoms with Gasteiger partial charge in [0.1, 0.15) is 22.9 Å². The molecule has 1 fully saturated rings. The molecule has 0 spiro atoms. The van der Waals surface area contributed by atoms with Crippen LogP contribution >= 0.6 is 11.6 Å². The fraction of sp³-hybridized carbons (Fsp3) is 0.316. The topological polar surface area (TPSA) is 98.5 Å². The van der Waals surface area contributed by atoms with Gasteiger partial charge in [-0.2, -0.15) is 0 Å². The first-order valence-corrected chi connectivity index (χ1v) is 9.23. The zero-order valence-electron chi connectivity index (χ0n) is 15.2. The third kappa shape index (κ3) is 3.36. The van der Waals surface area contributed by atoms with Crippen molar-refractivity contribution in [3.05, 3.63) is 35.9 Å². The van der Waals surface area contributed by atoms with Gasteiger partial charge in [-0.05, 0) is 30.5 Å². The Morgan fingerprint density at radius 3 is 2.86 bits per heavy atom. The summed E-state index contributed by atoms with van der Waals surface area (Å²) in [5.41, 5.74) is 2.84. The predicted molar refractivity (Wildman–Crippen MR) is 105 cm³/mol. The Hall–Kier alpha value is -2.84. The molecule has 8 nitrogen and oxygen atoms in total. The summed E-state index contributed by atoms with van der Waals surface area (Å²) in [4.78, 5) is 19.6. The van der Waals surface area contributed by atoms with Crippen LogP contribution in [0.15, 0.2) is 30.7 Å². The monoisotopic (exact) mass is 402 g/mol. The van der Waals surface area contributed by atoms with E-state index in [1.165, 1.54) is 13.4 Å². The van der Waals surface area contributed by atoms with Gasteiger partial charge in [-0.25, -0.2) is 14.8 Å². The molecule has 0 atom stereocenters. The van der Waals surface area contributed by atoms with E-state index in [0.717, 1.165) is 35.0 Å². The number of anilines is 1.